The fourth-order valence-electron chi connectivity index (χ4n) is 3.85. The Morgan fingerprint density at radius 3 is 2.22 bits per heavy atom. The molecule has 18 heavy (non-hydrogen) atoms. The Balaban J connectivity index is 1.56. The van der Waals surface area contributed by atoms with Crippen molar-refractivity contribution in [2.45, 2.75) is 51.4 Å². The van der Waals surface area contributed by atoms with Gasteiger partial charge in [-0.2, -0.15) is 0 Å². The summed E-state index contributed by atoms with van der Waals surface area (Å²) >= 11 is 0. The predicted octanol–water partition coefficient (Wildman–Crippen LogP) is 3.07. The summed E-state index contributed by atoms with van der Waals surface area (Å²) in [6.45, 7) is 3.67. The molecular weight excluding hydrogens is 236 g/mol. The van der Waals surface area contributed by atoms with Crippen LogP contribution in [0.1, 0.15) is 45.4 Å². The van der Waals surface area contributed by atoms with Gasteiger partial charge in [-0.25, -0.2) is 8.78 Å². The van der Waals surface area contributed by atoms with E-state index in [4.69, 9.17) is 0 Å². The fourth-order valence-corrected chi connectivity index (χ4v) is 3.85. The highest BCUT2D eigenvalue weighted by Crippen LogP contribution is 2.52. The number of rotatable bonds is 1. The molecule has 3 rings (SSSR count). The second-order valence-electron chi connectivity index (χ2n) is 6.69. The largest absolute Gasteiger partial charge is 0.342 e. The van der Waals surface area contributed by atoms with Gasteiger partial charge in [0.15, 0.2) is 0 Å². The monoisotopic (exact) mass is 257 g/mol. The molecule has 1 heterocycles. The van der Waals surface area contributed by atoms with Crippen LogP contribution in [-0.2, 0) is 4.79 Å². The maximum Gasteiger partial charge on any atom is 0.260 e. The molecule has 4 heteroatoms. The van der Waals surface area contributed by atoms with E-state index in [2.05, 4.69) is 6.92 Å². The van der Waals surface area contributed by atoms with E-state index in [0.717, 1.165) is 18.8 Å². The summed E-state index contributed by atoms with van der Waals surface area (Å²) in [5, 5.41) is 0. The third-order valence-electron chi connectivity index (χ3n) is 5.21. The molecule has 0 N–H and O–H groups in total. The van der Waals surface area contributed by atoms with E-state index in [1.165, 1.54) is 19.3 Å². The minimum atomic E-state index is -2.71. The summed E-state index contributed by atoms with van der Waals surface area (Å²) in [7, 11) is 0. The summed E-state index contributed by atoms with van der Waals surface area (Å²) in [6.07, 6.45) is 5.60. The minimum absolute atomic E-state index is 0.232. The van der Waals surface area contributed by atoms with Crippen LogP contribution in [0.3, 0.4) is 0 Å². The normalized spacial score (nSPS) is 36.9. The number of hydrogen-bond acceptors (Lipinski definition) is 1. The molecule has 0 aromatic heterocycles. The maximum atomic E-state index is 12.9. The molecular formula is C14H21F2NO. The number of likely N-dealkylation sites (tertiary alicyclic amines) is 1. The van der Waals surface area contributed by atoms with E-state index in [1.54, 1.807) is 4.90 Å². The molecule has 1 saturated heterocycles. The third-order valence-corrected chi connectivity index (χ3v) is 5.21. The minimum Gasteiger partial charge on any atom is -0.342 e. The summed E-state index contributed by atoms with van der Waals surface area (Å²) < 4.78 is 25.8. The molecule has 3 fully saturated rings. The number of carbonyl (C=O) groups is 1. The van der Waals surface area contributed by atoms with Crippen LogP contribution in [0.5, 0.6) is 0 Å². The van der Waals surface area contributed by atoms with E-state index >= 15 is 0 Å². The molecule has 2 saturated carbocycles. The van der Waals surface area contributed by atoms with Gasteiger partial charge in [0.05, 0.1) is 0 Å². The summed E-state index contributed by atoms with van der Waals surface area (Å²) in [5.41, 5.74) is 0.419. The quantitative estimate of drug-likeness (QED) is 0.707. The molecule has 102 valence electrons. The van der Waals surface area contributed by atoms with E-state index in [9.17, 15) is 13.6 Å². The first kappa shape index (κ1) is 12.4. The lowest BCUT2D eigenvalue weighted by Gasteiger charge is -2.39. The van der Waals surface area contributed by atoms with Crippen molar-refractivity contribution in [3.63, 3.8) is 0 Å². The smallest absolute Gasteiger partial charge is 0.260 e. The summed E-state index contributed by atoms with van der Waals surface area (Å²) in [6, 6.07) is 0. The van der Waals surface area contributed by atoms with Crippen molar-refractivity contribution in [2.75, 3.05) is 13.1 Å². The lowest BCUT2D eigenvalue weighted by molar-refractivity contribution is -0.137. The predicted molar refractivity (Wildman–Crippen MR) is 64.3 cm³/mol. The molecule has 2 nitrogen and oxygen atoms in total. The molecule has 0 aromatic rings. The zero-order valence-electron chi connectivity index (χ0n) is 10.9. The van der Waals surface area contributed by atoms with E-state index < -0.39 is 11.8 Å². The Bertz CT molecular complexity index is 361. The standard InChI is InChI=1S/C14H21F2NO/c1-10-2-3-13(8-10)4-6-17(7-5-13)12(18)11-9-14(11,15)16/h10-11H,2-9H2,1H3. The van der Waals surface area contributed by atoms with Gasteiger partial charge in [-0.05, 0) is 37.0 Å². The van der Waals surface area contributed by atoms with Crippen molar-refractivity contribution < 1.29 is 13.6 Å². The number of nitrogens with zero attached hydrogens (tertiary/aromatic N) is 1. The van der Waals surface area contributed by atoms with Gasteiger partial charge in [0, 0.05) is 19.5 Å². The Labute approximate surface area is 107 Å². The first-order valence-corrected chi connectivity index (χ1v) is 7.09. The number of carbonyl (C=O) groups excluding carboxylic acids is 1. The van der Waals surface area contributed by atoms with Crippen molar-refractivity contribution in [1.82, 2.24) is 4.90 Å². The number of alkyl halides is 2. The highest BCUT2D eigenvalue weighted by molar-refractivity contribution is 5.83. The molecule has 1 spiro atoms. The zero-order valence-corrected chi connectivity index (χ0v) is 10.9. The zero-order chi connectivity index (χ0) is 13.0. The van der Waals surface area contributed by atoms with Gasteiger partial charge in [-0.15, -0.1) is 0 Å². The first-order valence-electron chi connectivity index (χ1n) is 7.09. The average Bonchev–Trinajstić information content (AvgIpc) is 2.81. The van der Waals surface area contributed by atoms with Gasteiger partial charge >= 0.3 is 0 Å². The summed E-state index contributed by atoms with van der Waals surface area (Å²) in [4.78, 5) is 13.6. The van der Waals surface area contributed by atoms with Crippen LogP contribution in [-0.4, -0.2) is 29.8 Å². The second-order valence-corrected chi connectivity index (χ2v) is 6.69. The molecule has 2 atom stereocenters. The molecule has 0 bridgehead atoms. The second kappa shape index (κ2) is 3.91. The van der Waals surface area contributed by atoms with Crippen LogP contribution in [0.4, 0.5) is 8.78 Å². The molecule has 0 aromatic carbocycles. The molecule has 2 aliphatic carbocycles. The van der Waals surface area contributed by atoms with Gasteiger partial charge < -0.3 is 4.90 Å². The van der Waals surface area contributed by atoms with Crippen LogP contribution >= 0.6 is 0 Å². The molecule has 0 radical (unpaired) electrons. The van der Waals surface area contributed by atoms with Gasteiger partial charge in [0.1, 0.15) is 5.92 Å². The summed E-state index contributed by atoms with van der Waals surface area (Å²) in [5.74, 6) is -3.23. The van der Waals surface area contributed by atoms with Crippen LogP contribution in [0.25, 0.3) is 0 Å². The highest BCUT2D eigenvalue weighted by atomic mass is 19.3. The Kier molecular flexibility index (Phi) is 2.69. The van der Waals surface area contributed by atoms with Crippen molar-refractivity contribution in [1.29, 1.82) is 0 Å². The van der Waals surface area contributed by atoms with Crippen molar-refractivity contribution in [3.8, 4) is 0 Å². The molecule has 3 aliphatic rings. The van der Waals surface area contributed by atoms with Gasteiger partial charge in [0.2, 0.25) is 5.91 Å². The third kappa shape index (κ3) is 2.04. The lowest BCUT2D eigenvalue weighted by Crippen LogP contribution is -2.43. The van der Waals surface area contributed by atoms with Gasteiger partial charge in [-0.1, -0.05) is 13.3 Å². The van der Waals surface area contributed by atoms with Gasteiger partial charge in [-0.3, -0.25) is 4.79 Å². The Hall–Kier alpha value is -0.670. The number of halogens is 2. The van der Waals surface area contributed by atoms with Crippen LogP contribution in [0.15, 0.2) is 0 Å². The number of amides is 1. The van der Waals surface area contributed by atoms with Crippen molar-refractivity contribution in [3.05, 3.63) is 0 Å². The Morgan fingerprint density at radius 1 is 1.17 bits per heavy atom. The van der Waals surface area contributed by atoms with Crippen LogP contribution < -0.4 is 0 Å². The number of piperidine rings is 1. The van der Waals surface area contributed by atoms with E-state index in [1.807, 2.05) is 0 Å². The van der Waals surface area contributed by atoms with E-state index in [-0.39, 0.29) is 12.3 Å². The Morgan fingerprint density at radius 2 is 1.78 bits per heavy atom. The molecule has 2 unspecified atom stereocenters. The number of hydrogen-bond donors (Lipinski definition) is 0. The maximum absolute atomic E-state index is 12.9. The van der Waals surface area contributed by atoms with E-state index in [0.29, 0.717) is 18.5 Å². The highest BCUT2D eigenvalue weighted by Gasteiger charge is 2.62. The lowest BCUT2D eigenvalue weighted by atomic mass is 9.76. The van der Waals surface area contributed by atoms with Gasteiger partial charge in [0.25, 0.3) is 5.92 Å². The molecule has 1 amide bonds. The topological polar surface area (TPSA) is 20.3 Å². The molecule has 1 aliphatic heterocycles. The fraction of sp³-hybridized carbons (Fsp3) is 0.929. The SMILES string of the molecule is CC1CCC2(CCN(C(=O)C3CC3(F)F)CC2)C1. The van der Waals surface area contributed by atoms with Crippen molar-refractivity contribution in [2.24, 2.45) is 17.3 Å². The first-order chi connectivity index (χ1) is 8.42. The average molecular weight is 257 g/mol. The van der Waals surface area contributed by atoms with Crippen molar-refractivity contribution >= 4 is 5.91 Å². The van der Waals surface area contributed by atoms with Crippen LogP contribution in [0.2, 0.25) is 0 Å². The van der Waals surface area contributed by atoms with Crippen LogP contribution in [0, 0.1) is 17.3 Å².